The van der Waals surface area contributed by atoms with Gasteiger partial charge in [0.05, 0.1) is 12.0 Å². The zero-order valence-corrected chi connectivity index (χ0v) is 19.1. The van der Waals surface area contributed by atoms with Crippen LogP contribution in [-0.4, -0.2) is 41.9 Å². The van der Waals surface area contributed by atoms with E-state index in [0.717, 1.165) is 5.56 Å². The third-order valence-electron chi connectivity index (χ3n) is 4.93. The van der Waals surface area contributed by atoms with Crippen LogP contribution in [0.3, 0.4) is 0 Å². The van der Waals surface area contributed by atoms with Crippen LogP contribution in [0, 0.1) is 0 Å². The summed E-state index contributed by atoms with van der Waals surface area (Å²) in [6.07, 6.45) is 0. The van der Waals surface area contributed by atoms with Crippen molar-refractivity contribution in [3.05, 3.63) is 72.3 Å². The molecule has 1 heterocycles. The highest BCUT2D eigenvalue weighted by Gasteiger charge is 2.17. The number of benzene rings is 3. The van der Waals surface area contributed by atoms with Gasteiger partial charge < -0.3 is 24.3 Å². The first-order valence-corrected chi connectivity index (χ1v) is 12.0. The van der Waals surface area contributed by atoms with Crippen molar-refractivity contribution >= 4 is 15.7 Å². The summed E-state index contributed by atoms with van der Waals surface area (Å²) in [5.74, 6) is 2.47. The Balaban J connectivity index is 1.29. The largest absolute Gasteiger partial charge is 0.497 e. The van der Waals surface area contributed by atoms with Crippen LogP contribution < -0.4 is 29.0 Å². The van der Waals surface area contributed by atoms with Crippen LogP contribution in [0.4, 0.5) is 5.69 Å². The molecule has 1 aliphatic heterocycles. The van der Waals surface area contributed by atoms with E-state index in [1.54, 1.807) is 24.3 Å². The first kappa shape index (κ1) is 22.8. The normalized spacial score (nSPS) is 12.8. The zero-order chi connectivity index (χ0) is 23.1. The Kier molecular flexibility index (Phi) is 7.21. The monoisotopic (exact) mass is 470 g/mol. The highest BCUT2D eigenvalue weighted by atomic mass is 32.2. The number of sulfonamides is 1. The first-order chi connectivity index (χ1) is 16.0. The van der Waals surface area contributed by atoms with Crippen molar-refractivity contribution in [2.45, 2.75) is 11.4 Å². The van der Waals surface area contributed by atoms with Crippen molar-refractivity contribution in [2.24, 2.45) is 0 Å². The fourth-order valence-electron chi connectivity index (χ4n) is 3.35. The minimum absolute atomic E-state index is 0.139. The number of para-hydroxylation sites is 1. The summed E-state index contributed by atoms with van der Waals surface area (Å²) >= 11 is 0. The number of ether oxygens (including phenoxy) is 4. The molecule has 0 fully saturated rings. The molecule has 0 saturated carbocycles. The molecule has 9 heteroatoms. The lowest BCUT2D eigenvalue weighted by molar-refractivity contribution is 0.162. The van der Waals surface area contributed by atoms with Gasteiger partial charge in [-0.05, 0) is 42.0 Å². The average Bonchev–Trinajstić information content (AvgIpc) is 2.84. The number of rotatable bonds is 10. The van der Waals surface area contributed by atoms with Gasteiger partial charge >= 0.3 is 0 Å². The Hall–Kier alpha value is -3.43. The summed E-state index contributed by atoms with van der Waals surface area (Å²) in [6.45, 7) is 2.65. The Bertz CT molecular complexity index is 1200. The van der Waals surface area contributed by atoms with Gasteiger partial charge in [0.1, 0.15) is 25.6 Å². The Morgan fingerprint density at radius 1 is 0.970 bits per heavy atom. The molecule has 0 saturated heterocycles. The molecule has 174 valence electrons. The lowest BCUT2D eigenvalue weighted by atomic mass is 10.2. The number of hydrogen-bond acceptors (Lipinski definition) is 7. The molecule has 3 aromatic carbocycles. The van der Waals surface area contributed by atoms with Gasteiger partial charge in [-0.25, -0.2) is 8.42 Å². The molecule has 3 aromatic rings. The summed E-state index contributed by atoms with van der Waals surface area (Å²) in [7, 11) is -2.23. The van der Waals surface area contributed by atoms with E-state index in [9.17, 15) is 8.42 Å². The van der Waals surface area contributed by atoms with Crippen LogP contribution in [0.5, 0.6) is 23.0 Å². The first-order valence-electron chi connectivity index (χ1n) is 10.5. The van der Waals surface area contributed by atoms with Gasteiger partial charge in [-0.1, -0.05) is 24.3 Å². The molecular weight excluding hydrogens is 444 g/mol. The zero-order valence-electron chi connectivity index (χ0n) is 18.2. The lowest BCUT2D eigenvalue weighted by Crippen LogP contribution is -2.21. The van der Waals surface area contributed by atoms with E-state index < -0.39 is 10.0 Å². The van der Waals surface area contributed by atoms with Gasteiger partial charge in [0.2, 0.25) is 5.75 Å². The maximum atomic E-state index is 12.7. The summed E-state index contributed by atoms with van der Waals surface area (Å²) in [5.41, 5.74) is 1.43. The molecule has 8 nitrogen and oxygen atoms in total. The standard InChI is InChI=1S/C24H26N2O6S/c1-29-20-7-3-8-21(16-20)33(27,28)26-19-6-2-5-18(15-19)17-25-11-12-30-22-9-4-10-23-24(22)32-14-13-31-23/h2-10,15-16,25-26H,11-14,17H2,1H3. The van der Waals surface area contributed by atoms with Crippen molar-refractivity contribution < 1.29 is 27.4 Å². The van der Waals surface area contributed by atoms with Crippen molar-refractivity contribution in [2.75, 3.05) is 38.2 Å². The second kappa shape index (κ2) is 10.5. The molecule has 0 spiro atoms. The molecular formula is C24H26N2O6S. The molecule has 0 unspecified atom stereocenters. The van der Waals surface area contributed by atoms with Gasteiger partial charge in [-0.15, -0.1) is 0 Å². The second-order valence-corrected chi connectivity index (χ2v) is 8.97. The van der Waals surface area contributed by atoms with Crippen LogP contribution in [0.1, 0.15) is 5.56 Å². The molecule has 0 radical (unpaired) electrons. The number of nitrogens with one attached hydrogen (secondary N) is 2. The Labute approximate surface area is 193 Å². The van der Waals surface area contributed by atoms with Gasteiger partial charge in [0.25, 0.3) is 10.0 Å². The highest BCUT2D eigenvalue weighted by Crippen LogP contribution is 2.38. The van der Waals surface area contributed by atoms with Gasteiger partial charge in [-0.2, -0.15) is 0 Å². The molecule has 0 bridgehead atoms. The molecule has 0 atom stereocenters. The molecule has 4 rings (SSSR count). The SMILES string of the molecule is COc1cccc(S(=O)(=O)Nc2cccc(CNCCOc3cccc4c3OCCO4)c2)c1. The van der Waals surface area contributed by atoms with Crippen molar-refractivity contribution in [3.8, 4) is 23.0 Å². The predicted octanol–water partition coefficient (Wildman–Crippen LogP) is 3.44. The van der Waals surface area contributed by atoms with Crippen LogP contribution >= 0.6 is 0 Å². The fourth-order valence-corrected chi connectivity index (χ4v) is 4.44. The van der Waals surface area contributed by atoms with Crippen LogP contribution in [0.2, 0.25) is 0 Å². The minimum atomic E-state index is -3.72. The van der Waals surface area contributed by atoms with Crippen LogP contribution in [-0.2, 0) is 16.6 Å². The molecule has 1 aliphatic rings. The van der Waals surface area contributed by atoms with Gasteiger partial charge in [0.15, 0.2) is 11.5 Å². The fraction of sp³-hybridized carbons (Fsp3) is 0.250. The Morgan fingerprint density at radius 3 is 2.67 bits per heavy atom. The van der Waals surface area contributed by atoms with Crippen molar-refractivity contribution in [1.82, 2.24) is 5.32 Å². The topological polar surface area (TPSA) is 95.1 Å². The summed E-state index contributed by atoms with van der Waals surface area (Å²) in [5, 5.41) is 3.30. The van der Waals surface area contributed by atoms with Crippen molar-refractivity contribution in [1.29, 1.82) is 0 Å². The number of anilines is 1. The maximum Gasteiger partial charge on any atom is 0.262 e. The molecule has 0 aliphatic carbocycles. The van der Waals surface area contributed by atoms with E-state index in [2.05, 4.69) is 10.0 Å². The lowest BCUT2D eigenvalue weighted by Gasteiger charge is -2.20. The molecule has 0 amide bonds. The van der Waals surface area contributed by atoms with E-state index in [-0.39, 0.29) is 4.90 Å². The highest BCUT2D eigenvalue weighted by molar-refractivity contribution is 7.92. The number of fused-ring (bicyclic) bond motifs is 1. The van der Waals surface area contributed by atoms with E-state index in [4.69, 9.17) is 18.9 Å². The second-order valence-electron chi connectivity index (χ2n) is 7.29. The average molecular weight is 471 g/mol. The molecule has 0 aromatic heterocycles. The van der Waals surface area contributed by atoms with E-state index in [1.807, 2.05) is 30.3 Å². The third kappa shape index (κ3) is 5.88. The summed E-state index contributed by atoms with van der Waals surface area (Å²) in [6, 6.07) is 19.2. The molecule has 2 N–H and O–H groups in total. The summed E-state index contributed by atoms with van der Waals surface area (Å²) < 4.78 is 50.2. The Morgan fingerprint density at radius 2 is 1.79 bits per heavy atom. The minimum Gasteiger partial charge on any atom is -0.497 e. The summed E-state index contributed by atoms with van der Waals surface area (Å²) in [4.78, 5) is 0.139. The molecule has 33 heavy (non-hydrogen) atoms. The van der Waals surface area contributed by atoms with E-state index in [1.165, 1.54) is 19.2 Å². The number of methoxy groups -OCH3 is 1. The predicted molar refractivity (Wildman–Crippen MR) is 125 cm³/mol. The van der Waals surface area contributed by atoms with E-state index >= 15 is 0 Å². The number of hydrogen-bond donors (Lipinski definition) is 2. The van der Waals surface area contributed by atoms with Gasteiger partial charge in [-0.3, -0.25) is 4.72 Å². The van der Waals surface area contributed by atoms with Crippen LogP contribution in [0.15, 0.2) is 71.6 Å². The maximum absolute atomic E-state index is 12.7. The van der Waals surface area contributed by atoms with Gasteiger partial charge in [0, 0.05) is 24.8 Å². The van der Waals surface area contributed by atoms with Crippen LogP contribution in [0.25, 0.3) is 0 Å². The third-order valence-corrected chi connectivity index (χ3v) is 6.31. The van der Waals surface area contributed by atoms with E-state index in [0.29, 0.717) is 61.6 Å². The smallest absolute Gasteiger partial charge is 0.262 e. The quantitative estimate of drug-likeness (QED) is 0.438. The van der Waals surface area contributed by atoms with Crippen molar-refractivity contribution in [3.63, 3.8) is 0 Å².